The number of hydrogen-bond acceptors (Lipinski definition) is 7. The first-order chi connectivity index (χ1) is 18.4. The highest BCUT2D eigenvalue weighted by molar-refractivity contribution is 5.97. The maximum atomic E-state index is 15.3. The zero-order chi connectivity index (χ0) is 26.8. The van der Waals surface area contributed by atoms with Gasteiger partial charge in [0.2, 0.25) is 0 Å². The van der Waals surface area contributed by atoms with E-state index in [-0.39, 0.29) is 39.2 Å². The van der Waals surface area contributed by atoms with Gasteiger partial charge >= 0.3 is 0 Å². The summed E-state index contributed by atoms with van der Waals surface area (Å²) in [5, 5.41) is 33.4. The van der Waals surface area contributed by atoms with Gasteiger partial charge < -0.3 is 4.90 Å². The average Bonchev–Trinajstić information content (AvgIpc) is 3.60. The van der Waals surface area contributed by atoms with E-state index in [1.807, 2.05) is 30.3 Å². The van der Waals surface area contributed by atoms with Crippen LogP contribution < -0.4 is 4.90 Å². The Hall–Kier alpha value is -5.42. The maximum Gasteiger partial charge on any atom is 0.138 e. The normalized spacial score (nSPS) is 10.7. The lowest BCUT2D eigenvalue weighted by atomic mass is 9.88. The van der Waals surface area contributed by atoms with Crippen LogP contribution in [0.2, 0.25) is 0 Å². The second-order valence-corrected chi connectivity index (χ2v) is 8.57. The number of anilines is 1. The molecule has 0 radical (unpaired) electrons. The molecule has 0 N–H and O–H groups in total. The van der Waals surface area contributed by atoms with Gasteiger partial charge in [0.15, 0.2) is 0 Å². The number of halogens is 2. The summed E-state index contributed by atoms with van der Waals surface area (Å²) >= 11 is 0. The molecule has 186 valence electrons. The summed E-state index contributed by atoms with van der Waals surface area (Å²) in [7, 11) is 3.35. The molecule has 0 amide bonds. The van der Waals surface area contributed by atoms with E-state index in [2.05, 4.69) is 32.5 Å². The van der Waals surface area contributed by atoms with Gasteiger partial charge in [0.1, 0.15) is 42.1 Å². The molecule has 0 unspecified atom stereocenters. The van der Waals surface area contributed by atoms with Gasteiger partial charge in [-0.3, -0.25) is 0 Å². The number of nitrogens with zero attached hydrogens (tertiary/aromatic N) is 9. The molecule has 0 saturated carbocycles. The quantitative estimate of drug-likeness (QED) is 0.336. The molecule has 0 atom stereocenters. The van der Waals surface area contributed by atoms with Gasteiger partial charge in [0, 0.05) is 31.3 Å². The van der Waals surface area contributed by atoms with E-state index in [1.165, 1.54) is 23.4 Å². The van der Waals surface area contributed by atoms with E-state index in [9.17, 15) is 14.9 Å². The first-order valence-electron chi connectivity index (χ1n) is 11.4. The van der Waals surface area contributed by atoms with Gasteiger partial charge in [0.05, 0.1) is 40.8 Å². The molecule has 38 heavy (non-hydrogen) atoms. The minimum Gasteiger partial charge on any atom is -0.375 e. The molecule has 0 spiro atoms. The molecule has 9 nitrogen and oxygen atoms in total. The third kappa shape index (κ3) is 4.22. The van der Waals surface area contributed by atoms with E-state index < -0.39 is 11.6 Å². The molecular formula is C27H19F2N9. The highest BCUT2D eigenvalue weighted by Gasteiger charge is 2.31. The molecule has 2 aromatic heterocycles. The summed E-state index contributed by atoms with van der Waals surface area (Å²) in [4.78, 5) is 5.62. The largest absolute Gasteiger partial charge is 0.375 e. The van der Waals surface area contributed by atoms with Gasteiger partial charge in [-0.2, -0.15) is 15.6 Å². The molecule has 3 aromatic carbocycles. The minimum atomic E-state index is -0.879. The van der Waals surface area contributed by atoms with Gasteiger partial charge in [-0.1, -0.05) is 35.5 Å². The summed E-state index contributed by atoms with van der Waals surface area (Å²) in [5.41, 5.74) is 2.23. The predicted molar refractivity (Wildman–Crippen MR) is 135 cm³/mol. The fourth-order valence-corrected chi connectivity index (χ4v) is 4.41. The Morgan fingerprint density at radius 3 is 2.34 bits per heavy atom. The summed E-state index contributed by atoms with van der Waals surface area (Å²) in [6.07, 6.45) is 4.31. The maximum absolute atomic E-state index is 15.3. The molecule has 0 bridgehead atoms. The lowest BCUT2D eigenvalue weighted by Crippen LogP contribution is -2.16. The van der Waals surface area contributed by atoms with E-state index in [0.29, 0.717) is 12.2 Å². The number of aromatic nitrogens is 6. The predicted octanol–water partition coefficient (Wildman–Crippen LogP) is 4.33. The second kappa shape index (κ2) is 9.91. The average molecular weight is 508 g/mol. The molecule has 11 heteroatoms. The van der Waals surface area contributed by atoms with Crippen LogP contribution in [0.15, 0.2) is 67.4 Å². The smallest absolute Gasteiger partial charge is 0.138 e. The molecule has 0 saturated heterocycles. The monoisotopic (exact) mass is 507 g/mol. The van der Waals surface area contributed by atoms with Crippen LogP contribution in [0.4, 0.5) is 14.5 Å². The SMILES string of the molecule is CN(C)c1c(C#N)c(-c2cn(Cc3ccccc3)nn2)c(-n2cncn2)c(-c2ccc(F)cc2F)c1C#N. The van der Waals surface area contributed by atoms with Crippen LogP contribution in [0.25, 0.3) is 28.1 Å². The fraction of sp³-hybridized carbons (Fsp3) is 0.111. The van der Waals surface area contributed by atoms with Crippen LogP contribution in [0.3, 0.4) is 0 Å². The van der Waals surface area contributed by atoms with Gasteiger partial charge in [0.25, 0.3) is 0 Å². The summed E-state index contributed by atoms with van der Waals surface area (Å²) in [6, 6.07) is 17.1. The Bertz CT molecular complexity index is 1710. The van der Waals surface area contributed by atoms with Crippen molar-refractivity contribution in [2.75, 3.05) is 19.0 Å². The zero-order valence-corrected chi connectivity index (χ0v) is 20.3. The minimum absolute atomic E-state index is 0.0167. The Kier molecular flexibility index (Phi) is 6.33. The van der Waals surface area contributed by atoms with E-state index in [1.54, 1.807) is 29.9 Å². The third-order valence-corrected chi connectivity index (χ3v) is 5.95. The van der Waals surface area contributed by atoms with Gasteiger partial charge in [-0.15, -0.1) is 5.10 Å². The first kappa shape index (κ1) is 24.3. The summed E-state index contributed by atoms with van der Waals surface area (Å²) in [6.45, 7) is 0.421. The number of rotatable bonds is 6. The Balaban J connectivity index is 1.88. The van der Waals surface area contributed by atoms with Crippen LogP contribution >= 0.6 is 0 Å². The molecule has 0 aliphatic carbocycles. The molecule has 0 fully saturated rings. The first-order valence-corrected chi connectivity index (χ1v) is 11.4. The van der Waals surface area contributed by atoms with E-state index >= 15 is 4.39 Å². The van der Waals surface area contributed by atoms with Crippen molar-refractivity contribution in [2.24, 2.45) is 0 Å². The van der Waals surface area contributed by atoms with Gasteiger partial charge in [-0.25, -0.2) is 23.1 Å². The third-order valence-electron chi connectivity index (χ3n) is 5.95. The Morgan fingerprint density at radius 2 is 1.71 bits per heavy atom. The topological polar surface area (TPSA) is 112 Å². The summed E-state index contributed by atoms with van der Waals surface area (Å²) in [5.74, 6) is -1.64. The lowest BCUT2D eigenvalue weighted by molar-refractivity contribution is 0.585. The van der Waals surface area contributed by atoms with E-state index in [4.69, 9.17) is 0 Å². The van der Waals surface area contributed by atoms with Crippen molar-refractivity contribution in [1.29, 1.82) is 10.5 Å². The second-order valence-electron chi connectivity index (χ2n) is 8.57. The van der Waals surface area contributed by atoms with Crippen molar-refractivity contribution < 1.29 is 8.78 Å². The molecule has 5 aromatic rings. The highest BCUT2D eigenvalue weighted by Crippen LogP contribution is 2.45. The lowest BCUT2D eigenvalue weighted by Gasteiger charge is -2.24. The van der Waals surface area contributed by atoms with Crippen molar-refractivity contribution in [3.8, 4) is 40.2 Å². The molecule has 0 aliphatic heterocycles. The number of benzene rings is 3. The molecule has 0 aliphatic rings. The number of hydrogen-bond donors (Lipinski definition) is 0. The Morgan fingerprint density at radius 1 is 0.974 bits per heavy atom. The van der Waals surface area contributed by atoms with Gasteiger partial charge in [-0.05, 0) is 17.7 Å². The van der Waals surface area contributed by atoms with Crippen molar-refractivity contribution in [1.82, 2.24) is 29.8 Å². The Labute approximate surface area is 216 Å². The van der Waals surface area contributed by atoms with Crippen molar-refractivity contribution >= 4 is 5.69 Å². The molecular weight excluding hydrogens is 488 g/mol. The fourth-order valence-electron chi connectivity index (χ4n) is 4.41. The van der Waals surface area contributed by atoms with E-state index in [0.717, 1.165) is 17.7 Å². The van der Waals surface area contributed by atoms with Crippen LogP contribution in [0.5, 0.6) is 0 Å². The molecule has 5 rings (SSSR count). The van der Waals surface area contributed by atoms with Crippen LogP contribution in [0, 0.1) is 34.3 Å². The number of nitriles is 2. The molecule has 2 heterocycles. The van der Waals surface area contributed by atoms with Crippen molar-refractivity contribution in [2.45, 2.75) is 6.54 Å². The van der Waals surface area contributed by atoms with Crippen LogP contribution in [-0.4, -0.2) is 43.9 Å². The standard InChI is InChI=1S/C27H19F2N9/c1-36(2)26-20(11-30)24(19-9-8-18(28)10-22(19)29)27(38-16-32-15-33-38)25(21(26)12-31)23-14-37(35-34-23)13-17-6-4-3-5-7-17/h3-10,14-16H,13H2,1-2H3. The van der Waals surface area contributed by atoms with Crippen molar-refractivity contribution in [3.05, 3.63) is 95.7 Å². The van der Waals surface area contributed by atoms with Crippen LogP contribution in [0.1, 0.15) is 16.7 Å². The van der Waals surface area contributed by atoms with Crippen molar-refractivity contribution in [3.63, 3.8) is 0 Å². The van der Waals surface area contributed by atoms with Crippen LogP contribution in [-0.2, 0) is 6.54 Å². The summed E-state index contributed by atoms with van der Waals surface area (Å²) < 4.78 is 32.1. The zero-order valence-electron chi connectivity index (χ0n) is 20.3. The highest BCUT2D eigenvalue weighted by atomic mass is 19.1.